The molecule has 0 amide bonds. The maximum atomic E-state index is 13.3. The number of quaternary nitrogens is 1. The molecule has 4 rings (SSSR count). The summed E-state index contributed by atoms with van der Waals surface area (Å²) in [6, 6.07) is 11.8. The molecule has 0 aliphatic carbocycles. The molecular formula is C21H26Cl2F3N3OS. The first-order valence-electron chi connectivity index (χ1n) is 9.76. The number of hydrogen-bond donors (Lipinski definition) is 0. The van der Waals surface area contributed by atoms with Gasteiger partial charge in [-0.2, -0.15) is 13.2 Å². The van der Waals surface area contributed by atoms with Crippen molar-refractivity contribution in [3.8, 4) is 0 Å². The van der Waals surface area contributed by atoms with Crippen LogP contribution in [0.3, 0.4) is 0 Å². The van der Waals surface area contributed by atoms with Crippen LogP contribution in [0.25, 0.3) is 0 Å². The van der Waals surface area contributed by atoms with Gasteiger partial charge >= 0.3 is 6.18 Å². The van der Waals surface area contributed by atoms with E-state index in [1.54, 1.807) is 13.1 Å². The Kier molecular flexibility index (Phi) is 8.58. The summed E-state index contributed by atoms with van der Waals surface area (Å²) in [5.41, 5.74) is 0.947. The summed E-state index contributed by atoms with van der Waals surface area (Å²) in [6.07, 6.45) is -3.55. The van der Waals surface area contributed by atoms with Gasteiger partial charge in [-0.25, -0.2) is 0 Å². The zero-order chi connectivity index (χ0) is 20.6. The summed E-state index contributed by atoms with van der Waals surface area (Å²) in [5.74, 6) is 0. The molecule has 0 bridgehead atoms. The highest BCUT2D eigenvalue weighted by Crippen LogP contribution is 2.49. The van der Waals surface area contributed by atoms with Gasteiger partial charge in [-0.15, -0.1) is 24.8 Å². The Bertz CT molecular complexity index is 888. The number of nitrogens with zero attached hydrogens (tertiary/aromatic N) is 3. The molecule has 2 aromatic carbocycles. The second-order valence-corrected chi connectivity index (χ2v) is 8.92. The standard InChI is InChI=1S/C21H24F3N3OS.2ClH/c1-27(28)13-11-25(12-14-27)9-4-10-26-17-5-2-3-6-19(17)29-20-8-7-16(15-18(20)26)21(22,23)24;;/h2-3,5-8,15H,4,9-14H2,1H3;2*1H. The van der Waals surface area contributed by atoms with E-state index in [1.165, 1.54) is 17.8 Å². The number of fused-ring (bicyclic) bond motifs is 2. The minimum atomic E-state index is -4.36. The predicted octanol–water partition coefficient (Wildman–Crippen LogP) is 5.80. The molecule has 2 heterocycles. The van der Waals surface area contributed by atoms with Gasteiger partial charge in [0.2, 0.25) is 0 Å². The van der Waals surface area contributed by atoms with E-state index in [-0.39, 0.29) is 29.5 Å². The van der Waals surface area contributed by atoms with E-state index >= 15 is 0 Å². The minimum Gasteiger partial charge on any atom is -0.633 e. The normalized spacial score (nSPS) is 17.8. The van der Waals surface area contributed by atoms with Crippen molar-refractivity contribution in [3.05, 3.63) is 53.2 Å². The molecule has 2 aliphatic rings. The van der Waals surface area contributed by atoms with Gasteiger partial charge < -0.3 is 14.8 Å². The molecule has 172 valence electrons. The number of hydrogen-bond acceptors (Lipinski definition) is 4. The van der Waals surface area contributed by atoms with E-state index in [9.17, 15) is 18.4 Å². The molecule has 31 heavy (non-hydrogen) atoms. The maximum absolute atomic E-state index is 13.3. The fourth-order valence-corrected chi connectivity index (χ4v) is 4.93. The minimum absolute atomic E-state index is 0. The summed E-state index contributed by atoms with van der Waals surface area (Å²) in [5, 5.41) is 12.0. The SMILES string of the molecule is C[N+]1([O-])CCN(CCCN2c3ccccc3Sc3ccc(C(F)(F)F)cc32)CC1.Cl.Cl. The summed E-state index contributed by atoms with van der Waals surface area (Å²) >= 11 is 1.51. The van der Waals surface area contributed by atoms with Gasteiger partial charge in [-0.1, -0.05) is 23.9 Å². The number of piperazine rings is 1. The number of benzene rings is 2. The Morgan fingerprint density at radius 1 is 0.968 bits per heavy atom. The zero-order valence-corrected chi connectivity index (χ0v) is 19.5. The van der Waals surface area contributed by atoms with Gasteiger partial charge in [0.1, 0.15) is 0 Å². The molecule has 1 fully saturated rings. The topological polar surface area (TPSA) is 29.5 Å². The van der Waals surface area contributed by atoms with Gasteiger partial charge in [0.05, 0.1) is 37.1 Å². The smallest absolute Gasteiger partial charge is 0.416 e. The van der Waals surface area contributed by atoms with E-state index in [2.05, 4.69) is 4.90 Å². The van der Waals surface area contributed by atoms with Gasteiger partial charge in [0.25, 0.3) is 0 Å². The van der Waals surface area contributed by atoms with Crippen molar-refractivity contribution in [1.29, 1.82) is 0 Å². The first-order valence-corrected chi connectivity index (χ1v) is 10.6. The van der Waals surface area contributed by atoms with Crippen molar-refractivity contribution < 1.29 is 17.8 Å². The van der Waals surface area contributed by atoms with E-state index < -0.39 is 11.7 Å². The average molecular weight is 496 g/mol. The van der Waals surface area contributed by atoms with Crippen molar-refractivity contribution in [2.75, 3.05) is 51.2 Å². The molecule has 0 radical (unpaired) electrons. The Balaban J connectivity index is 0.00000171. The molecule has 4 nitrogen and oxygen atoms in total. The van der Waals surface area contributed by atoms with Gasteiger partial charge in [-0.3, -0.25) is 4.90 Å². The van der Waals surface area contributed by atoms with Crippen LogP contribution in [-0.4, -0.2) is 55.9 Å². The highest BCUT2D eigenvalue weighted by Gasteiger charge is 2.33. The highest BCUT2D eigenvalue weighted by atomic mass is 35.5. The quantitative estimate of drug-likeness (QED) is 0.395. The van der Waals surface area contributed by atoms with Crippen LogP contribution in [0.2, 0.25) is 0 Å². The maximum Gasteiger partial charge on any atom is 0.416 e. The van der Waals surface area contributed by atoms with Gasteiger partial charge in [0, 0.05) is 36.0 Å². The first kappa shape index (κ1) is 26.1. The number of anilines is 2. The Morgan fingerprint density at radius 2 is 1.61 bits per heavy atom. The van der Waals surface area contributed by atoms with Crippen LogP contribution in [0.1, 0.15) is 12.0 Å². The molecule has 0 saturated carbocycles. The van der Waals surface area contributed by atoms with Crippen molar-refractivity contribution in [2.24, 2.45) is 0 Å². The van der Waals surface area contributed by atoms with Crippen LogP contribution in [0.4, 0.5) is 24.5 Å². The summed E-state index contributed by atoms with van der Waals surface area (Å²) in [6.45, 7) is 4.16. The van der Waals surface area contributed by atoms with Gasteiger partial charge in [0.15, 0.2) is 0 Å². The molecule has 0 atom stereocenters. The lowest BCUT2D eigenvalue weighted by molar-refractivity contribution is -0.865. The molecule has 0 aromatic heterocycles. The summed E-state index contributed by atoms with van der Waals surface area (Å²) in [7, 11) is 1.70. The molecule has 0 unspecified atom stereocenters. The monoisotopic (exact) mass is 495 g/mol. The number of likely N-dealkylation sites (N-methyl/N-ethyl adjacent to an activating group) is 1. The molecule has 0 spiro atoms. The molecule has 0 N–H and O–H groups in total. The van der Waals surface area contributed by atoms with Crippen molar-refractivity contribution in [3.63, 3.8) is 0 Å². The summed E-state index contributed by atoms with van der Waals surface area (Å²) < 4.78 is 39.6. The van der Waals surface area contributed by atoms with Crippen LogP contribution in [-0.2, 0) is 6.18 Å². The largest absolute Gasteiger partial charge is 0.633 e. The van der Waals surface area contributed by atoms with Crippen molar-refractivity contribution >= 4 is 48.0 Å². The van der Waals surface area contributed by atoms with E-state index in [4.69, 9.17) is 0 Å². The van der Waals surface area contributed by atoms with Crippen LogP contribution in [0.5, 0.6) is 0 Å². The molecular weight excluding hydrogens is 470 g/mol. The third-order valence-corrected chi connectivity index (χ3v) is 6.72. The lowest BCUT2D eigenvalue weighted by atomic mass is 10.1. The molecule has 10 heteroatoms. The lowest BCUT2D eigenvalue weighted by Crippen LogP contribution is -2.53. The third kappa shape index (κ3) is 6.00. The molecule has 1 saturated heterocycles. The van der Waals surface area contributed by atoms with Crippen LogP contribution >= 0.6 is 36.6 Å². The lowest BCUT2D eigenvalue weighted by Gasteiger charge is -2.45. The van der Waals surface area contributed by atoms with E-state index in [0.717, 1.165) is 47.6 Å². The third-order valence-electron chi connectivity index (χ3n) is 5.59. The van der Waals surface area contributed by atoms with Crippen molar-refractivity contribution in [1.82, 2.24) is 4.90 Å². The number of hydroxylamine groups is 3. The number of alkyl halides is 3. The Labute approximate surface area is 197 Å². The first-order chi connectivity index (χ1) is 13.7. The zero-order valence-electron chi connectivity index (χ0n) is 17.1. The predicted molar refractivity (Wildman–Crippen MR) is 124 cm³/mol. The number of rotatable bonds is 4. The fraction of sp³-hybridized carbons (Fsp3) is 0.429. The van der Waals surface area contributed by atoms with Crippen LogP contribution in [0.15, 0.2) is 52.3 Å². The van der Waals surface area contributed by atoms with Gasteiger partial charge in [-0.05, 0) is 36.8 Å². The highest BCUT2D eigenvalue weighted by molar-refractivity contribution is 7.99. The molecule has 2 aromatic rings. The number of halogens is 5. The second-order valence-electron chi connectivity index (χ2n) is 7.84. The van der Waals surface area contributed by atoms with Crippen molar-refractivity contribution in [2.45, 2.75) is 22.4 Å². The number of para-hydroxylation sites is 1. The van der Waals surface area contributed by atoms with E-state index in [0.29, 0.717) is 25.3 Å². The average Bonchev–Trinajstić information content (AvgIpc) is 2.67. The Morgan fingerprint density at radius 3 is 2.29 bits per heavy atom. The summed E-state index contributed by atoms with van der Waals surface area (Å²) in [4.78, 5) is 6.18. The molecule has 2 aliphatic heterocycles. The van der Waals surface area contributed by atoms with Crippen LogP contribution < -0.4 is 4.90 Å². The van der Waals surface area contributed by atoms with E-state index in [1.807, 2.05) is 29.2 Å². The Hall–Kier alpha value is -1.16. The fourth-order valence-electron chi connectivity index (χ4n) is 3.85. The van der Waals surface area contributed by atoms with Crippen LogP contribution in [0, 0.1) is 5.21 Å². The second kappa shape index (κ2) is 10.2.